The average Bonchev–Trinajstić information content (AvgIpc) is 3.26. The summed E-state index contributed by atoms with van der Waals surface area (Å²) in [5, 5.41) is 9.29. The average molecular weight is 328 g/mol. The van der Waals surface area contributed by atoms with Gasteiger partial charge in [0.15, 0.2) is 6.10 Å². The largest absolute Gasteiger partial charge is 0.479 e. The van der Waals surface area contributed by atoms with Crippen molar-refractivity contribution in [2.24, 2.45) is 5.92 Å². The lowest BCUT2D eigenvalue weighted by Gasteiger charge is -2.31. The van der Waals surface area contributed by atoms with Crippen LogP contribution < -0.4 is 0 Å². The highest BCUT2D eigenvalue weighted by Gasteiger charge is 2.48. The number of nitrogens with zero attached hydrogens (tertiary/aromatic N) is 1. The number of morpholine rings is 1. The normalized spacial score (nSPS) is 27.5. The van der Waals surface area contributed by atoms with Crippen LogP contribution >= 0.6 is 11.6 Å². The van der Waals surface area contributed by atoms with Gasteiger partial charge in [0, 0.05) is 29.0 Å². The molecule has 0 aromatic heterocycles. The van der Waals surface area contributed by atoms with Gasteiger partial charge < -0.3 is 14.7 Å². The Morgan fingerprint density at radius 2 is 2.18 bits per heavy atom. The minimum atomic E-state index is -1.08. The molecule has 7 heteroatoms. The number of carbonyl (C=O) groups excluding carboxylic acids is 1. The highest BCUT2D eigenvalue weighted by atomic mass is 35.5. The molecule has 1 saturated heterocycles. The van der Waals surface area contributed by atoms with E-state index in [9.17, 15) is 14.0 Å². The van der Waals surface area contributed by atoms with E-state index in [1.807, 2.05) is 0 Å². The van der Waals surface area contributed by atoms with Gasteiger partial charge in [0.2, 0.25) is 5.91 Å². The van der Waals surface area contributed by atoms with Crippen LogP contribution in [0, 0.1) is 11.7 Å². The van der Waals surface area contributed by atoms with E-state index in [0.717, 1.165) is 0 Å². The zero-order valence-corrected chi connectivity index (χ0v) is 12.4. The molecule has 1 heterocycles. The molecule has 1 saturated carbocycles. The summed E-state index contributed by atoms with van der Waals surface area (Å²) < 4.78 is 19.0. The van der Waals surface area contributed by atoms with Crippen molar-refractivity contribution in [2.75, 3.05) is 19.7 Å². The Labute approximate surface area is 131 Å². The van der Waals surface area contributed by atoms with Crippen molar-refractivity contribution < 1.29 is 23.8 Å². The number of rotatable bonds is 3. The summed E-state index contributed by atoms with van der Waals surface area (Å²) in [7, 11) is 0. The van der Waals surface area contributed by atoms with Gasteiger partial charge in [-0.2, -0.15) is 0 Å². The van der Waals surface area contributed by atoms with Crippen LogP contribution in [-0.2, 0) is 14.3 Å². The lowest BCUT2D eigenvalue weighted by molar-refractivity contribution is -0.159. The Morgan fingerprint density at radius 1 is 1.41 bits per heavy atom. The van der Waals surface area contributed by atoms with Crippen LogP contribution in [0.4, 0.5) is 4.39 Å². The van der Waals surface area contributed by atoms with Crippen molar-refractivity contribution in [1.29, 1.82) is 0 Å². The fourth-order valence-electron chi connectivity index (χ4n) is 2.89. The maximum Gasteiger partial charge on any atom is 0.334 e. The molecule has 2 aliphatic rings. The number of hydrogen-bond acceptors (Lipinski definition) is 3. The second kappa shape index (κ2) is 5.85. The van der Waals surface area contributed by atoms with Crippen LogP contribution in [0.3, 0.4) is 0 Å². The van der Waals surface area contributed by atoms with E-state index in [1.165, 1.54) is 17.0 Å². The van der Waals surface area contributed by atoms with Gasteiger partial charge in [-0.25, -0.2) is 9.18 Å². The fraction of sp³-hybridized carbons (Fsp3) is 0.467. The number of aliphatic carboxylic acids is 1. The van der Waals surface area contributed by atoms with E-state index in [1.54, 1.807) is 6.07 Å². The molecule has 1 aromatic rings. The molecule has 0 unspecified atom stereocenters. The molecule has 1 amide bonds. The van der Waals surface area contributed by atoms with Crippen LogP contribution in [-0.4, -0.2) is 47.7 Å². The highest BCUT2D eigenvalue weighted by molar-refractivity contribution is 6.31. The highest BCUT2D eigenvalue weighted by Crippen LogP contribution is 2.51. The van der Waals surface area contributed by atoms with Crippen molar-refractivity contribution >= 4 is 23.5 Å². The monoisotopic (exact) mass is 327 g/mol. The third kappa shape index (κ3) is 2.80. The van der Waals surface area contributed by atoms with Gasteiger partial charge >= 0.3 is 5.97 Å². The molecule has 1 aromatic carbocycles. The summed E-state index contributed by atoms with van der Waals surface area (Å²) in [6.07, 6.45) is -0.457. The molecule has 0 bridgehead atoms. The van der Waals surface area contributed by atoms with Gasteiger partial charge in [-0.15, -0.1) is 0 Å². The molecular formula is C15H15ClFNO4. The Hall–Kier alpha value is -1.66. The first-order valence-corrected chi connectivity index (χ1v) is 7.44. The number of ether oxygens (including phenoxy) is 1. The van der Waals surface area contributed by atoms with Crippen LogP contribution in [0.15, 0.2) is 18.2 Å². The van der Waals surface area contributed by atoms with E-state index >= 15 is 0 Å². The molecule has 3 rings (SSSR count). The van der Waals surface area contributed by atoms with Crippen LogP contribution in [0.25, 0.3) is 0 Å². The summed E-state index contributed by atoms with van der Waals surface area (Å²) in [6.45, 7) is 0.583. The summed E-state index contributed by atoms with van der Waals surface area (Å²) in [6, 6.07) is 4.46. The van der Waals surface area contributed by atoms with Crippen LogP contribution in [0.1, 0.15) is 17.9 Å². The van der Waals surface area contributed by atoms with Crippen LogP contribution in [0.5, 0.6) is 0 Å². The number of amides is 1. The fourth-order valence-corrected chi connectivity index (χ4v) is 3.19. The van der Waals surface area contributed by atoms with Gasteiger partial charge in [-0.1, -0.05) is 17.7 Å². The number of carboxylic acid groups (broad SMARTS) is 1. The number of hydrogen-bond donors (Lipinski definition) is 1. The molecule has 2 fully saturated rings. The van der Waals surface area contributed by atoms with E-state index in [4.69, 9.17) is 21.4 Å². The second-order valence-corrected chi connectivity index (χ2v) is 5.97. The molecular weight excluding hydrogens is 313 g/mol. The molecule has 5 nitrogen and oxygen atoms in total. The smallest absolute Gasteiger partial charge is 0.334 e. The minimum Gasteiger partial charge on any atom is -0.479 e. The number of carbonyl (C=O) groups is 2. The minimum absolute atomic E-state index is 0.0301. The molecule has 1 aliphatic carbocycles. The molecule has 1 N–H and O–H groups in total. The first-order valence-electron chi connectivity index (χ1n) is 7.06. The van der Waals surface area contributed by atoms with Gasteiger partial charge in [-0.05, 0) is 18.6 Å². The Kier molecular flexibility index (Phi) is 4.06. The zero-order chi connectivity index (χ0) is 15.9. The van der Waals surface area contributed by atoms with E-state index < -0.39 is 17.9 Å². The van der Waals surface area contributed by atoms with Crippen molar-refractivity contribution in [1.82, 2.24) is 4.90 Å². The van der Waals surface area contributed by atoms with E-state index in [2.05, 4.69) is 0 Å². The Morgan fingerprint density at radius 3 is 2.86 bits per heavy atom. The van der Waals surface area contributed by atoms with Crippen molar-refractivity contribution in [2.45, 2.75) is 18.4 Å². The quantitative estimate of drug-likeness (QED) is 0.920. The Balaban J connectivity index is 1.69. The Bertz CT molecular complexity index is 603. The van der Waals surface area contributed by atoms with Gasteiger partial charge in [-0.3, -0.25) is 4.79 Å². The van der Waals surface area contributed by atoms with E-state index in [0.29, 0.717) is 23.6 Å². The molecule has 0 spiro atoms. The third-order valence-corrected chi connectivity index (χ3v) is 4.46. The summed E-state index contributed by atoms with van der Waals surface area (Å²) in [4.78, 5) is 24.9. The second-order valence-electron chi connectivity index (χ2n) is 5.57. The van der Waals surface area contributed by atoms with Gasteiger partial charge in [0.25, 0.3) is 0 Å². The van der Waals surface area contributed by atoms with Gasteiger partial charge in [0.05, 0.1) is 13.2 Å². The standard InChI is InChI=1S/C15H15ClFNO4/c16-10-2-1-3-11(17)13(10)8-6-9(8)14(19)18-4-5-22-12(7-18)15(20)21/h1-3,8-9,12H,4-7H2,(H,20,21)/t8-,9-,12+/m1/s1. The molecule has 22 heavy (non-hydrogen) atoms. The third-order valence-electron chi connectivity index (χ3n) is 4.13. The molecule has 0 radical (unpaired) electrons. The first kappa shape index (κ1) is 15.2. The number of carboxylic acids is 1. The lowest BCUT2D eigenvalue weighted by atomic mass is 10.1. The van der Waals surface area contributed by atoms with Crippen molar-refractivity contribution in [3.8, 4) is 0 Å². The predicted molar refractivity (Wildman–Crippen MR) is 76.2 cm³/mol. The van der Waals surface area contributed by atoms with E-state index in [-0.39, 0.29) is 30.9 Å². The molecule has 1 aliphatic heterocycles. The van der Waals surface area contributed by atoms with Crippen molar-refractivity contribution in [3.05, 3.63) is 34.6 Å². The predicted octanol–water partition coefficient (Wildman–Crippen LogP) is 1.89. The summed E-state index contributed by atoms with van der Waals surface area (Å²) in [5.74, 6) is -2.20. The maximum atomic E-state index is 13.9. The van der Waals surface area contributed by atoms with Crippen molar-refractivity contribution in [3.63, 3.8) is 0 Å². The molecule has 3 atom stereocenters. The maximum absolute atomic E-state index is 13.9. The molecule has 118 valence electrons. The summed E-state index contributed by atoms with van der Waals surface area (Å²) >= 11 is 6.02. The SMILES string of the molecule is O=C(O)[C@@H]1CN(C(=O)[C@@H]2C[C@H]2c2c(F)cccc2Cl)CCO1. The first-order chi connectivity index (χ1) is 10.5. The van der Waals surface area contributed by atoms with Gasteiger partial charge in [0.1, 0.15) is 5.82 Å². The van der Waals surface area contributed by atoms with Crippen LogP contribution in [0.2, 0.25) is 5.02 Å². The number of halogens is 2. The lowest BCUT2D eigenvalue weighted by Crippen LogP contribution is -2.49. The zero-order valence-electron chi connectivity index (χ0n) is 11.7. The topological polar surface area (TPSA) is 66.8 Å². The number of benzene rings is 1. The summed E-state index contributed by atoms with van der Waals surface area (Å²) in [5.41, 5.74) is 0.380.